The third kappa shape index (κ3) is 4.26. The monoisotopic (exact) mass is 378 g/mol. The van der Waals surface area contributed by atoms with E-state index in [1.165, 1.54) is 0 Å². The topological polar surface area (TPSA) is 33.2 Å². The van der Waals surface area contributed by atoms with Crippen molar-refractivity contribution >= 4 is 45.0 Å². The van der Waals surface area contributed by atoms with Gasteiger partial charge in [0.15, 0.2) is 6.29 Å². The molecule has 0 saturated carbocycles. The molecule has 0 fully saturated rings. The summed E-state index contributed by atoms with van der Waals surface area (Å²) >= 11 is 9.44. The Morgan fingerprint density at radius 1 is 1.27 bits per heavy atom. The van der Waals surface area contributed by atoms with Gasteiger partial charge in [0.1, 0.15) is 4.60 Å². The average molecular weight is 380 g/mol. The van der Waals surface area contributed by atoms with Crippen LogP contribution in [0.5, 0.6) is 0 Å². The van der Waals surface area contributed by atoms with Crippen LogP contribution < -0.4 is 0 Å². The molecule has 1 heterocycles. The normalized spacial score (nSPS) is 12.2. The van der Waals surface area contributed by atoms with Crippen molar-refractivity contribution in [2.75, 3.05) is 20.6 Å². The summed E-state index contributed by atoms with van der Waals surface area (Å²) in [6, 6.07) is 11.1. The molecule has 0 unspecified atom stereocenters. The quantitative estimate of drug-likeness (QED) is 0.444. The van der Waals surface area contributed by atoms with Gasteiger partial charge < -0.3 is 4.90 Å². The number of aromatic nitrogens is 1. The highest BCUT2D eigenvalue weighted by Crippen LogP contribution is 2.28. The lowest BCUT2D eigenvalue weighted by Crippen LogP contribution is -2.16. The number of carbonyl (C=O) groups is 1. The van der Waals surface area contributed by atoms with Gasteiger partial charge in [-0.3, -0.25) is 4.79 Å². The van der Waals surface area contributed by atoms with Crippen molar-refractivity contribution in [3.63, 3.8) is 0 Å². The van der Waals surface area contributed by atoms with E-state index < -0.39 is 0 Å². The number of benzene rings is 1. The van der Waals surface area contributed by atoms with Crippen LogP contribution in [0.25, 0.3) is 11.1 Å². The molecule has 0 bridgehead atoms. The summed E-state index contributed by atoms with van der Waals surface area (Å²) in [7, 11) is 3.94. The number of hydrogen-bond acceptors (Lipinski definition) is 3. The lowest BCUT2D eigenvalue weighted by molar-refractivity contribution is -0.103. The summed E-state index contributed by atoms with van der Waals surface area (Å²) in [6.07, 6.45) is 2.61. The Morgan fingerprint density at radius 2 is 2.05 bits per heavy atom. The Balaban J connectivity index is 2.65. The number of rotatable bonds is 5. The molecule has 3 nitrogen and oxygen atoms in total. The van der Waals surface area contributed by atoms with E-state index >= 15 is 0 Å². The molecule has 0 amide bonds. The maximum atomic E-state index is 11.8. The van der Waals surface area contributed by atoms with E-state index in [1.807, 2.05) is 43.3 Å². The SMILES string of the molecule is CN(C)CC(=C(C=O)c1cccc(Cl)c1)c1ccnc(Br)c1. The molecule has 0 aliphatic carbocycles. The first-order chi connectivity index (χ1) is 10.5. The van der Waals surface area contributed by atoms with Crippen molar-refractivity contribution in [1.82, 2.24) is 9.88 Å². The van der Waals surface area contributed by atoms with Crippen LogP contribution in [0.15, 0.2) is 47.2 Å². The highest BCUT2D eigenvalue weighted by molar-refractivity contribution is 9.10. The molecule has 0 aliphatic rings. The number of pyridine rings is 1. The number of carbonyl (C=O) groups excluding carboxylic acids is 1. The standard InChI is InChI=1S/C17H16BrClN2O/c1-21(2)10-15(13-6-7-20-17(18)9-13)16(11-22)12-4-3-5-14(19)8-12/h3-9,11H,10H2,1-2H3. The van der Waals surface area contributed by atoms with Gasteiger partial charge in [0.05, 0.1) is 0 Å². The van der Waals surface area contributed by atoms with Crippen molar-refractivity contribution < 1.29 is 4.79 Å². The Bertz CT molecular complexity index is 713. The van der Waals surface area contributed by atoms with Crippen molar-refractivity contribution in [3.8, 4) is 0 Å². The molecule has 5 heteroatoms. The van der Waals surface area contributed by atoms with Crippen molar-refractivity contribution in [1.29, 1.82) is 0 Å². The zero-order valence-electron chi connectivity index (χ0n) is 12.4. The van der Waals surface area contributed by atoms with Gasteiger partial charge in [-0.1, -0.05) is 23.7 Å². The number of aldehydes is 1. The number of nitrogens with zero attached hydrogens (tertiary/aromatic N) is 2. The van der Waals surface area contributed by atoms with Gasteiger partial charge in [-0.2, -0.15) is 0 Å². The van der Waals surface area contributed by atoms with Crippen LogP contribution in [0.1, 0.15) is 11.1 Å². The molecular formula is C17H16BrClN2O. The molecule has 1 aromatic heterocycles. The molecule has 2 rings (SSSR count). The van der Waals surface area contributed by atoms with E-state index in [1.54, 1.807) is 18.3 Å². The first-order valence-electron chi connectivity index (χ1n) is 6.72. The average Bonchev–Trinajstić information content (AvgIpc) is 2.47. The fraction of sp³-hybridized carbons (Fsp3) is 0.176. The predicted octanol–water partition coefficient (Wildman–Crippen LogP) is 4.17. The van der Waals surface area contributed by atoms with Crippen LogP contribution in [-0.2, 0) is 4.79 Å². The zero-order chi connectivity index (χ0) is 16.1. The molecule has 0 saturated heterocycles. The molecule has 0 radical (unpaired) electrons. The van der Waals surface area contributed by atoms with Gasteiger partial charge in [-0.15, -0.1) is 0 Å². The second-order valence-corrected chi connectivity index (χ2v) is 6.37. The fourth-order valence-electron chi connectivity index (χ4n) is 2.21. The third-order valence-corrected chi connectivity index (χ3v) is 3.80. The first-order valence-corrected chi connectivity index (χ1v) is 7.89. The molecule has 114 valence electrons. The zero-order valence-corrected chi connectivity index (χ0v) is 14.7. The summed E-state index contributed by atoms with van der Waals surface area (Å²) < 4.78 is 0.734. The van der Waals surface area contributed by atoms with Gasteiger partial charge >= 0.3 is 0 Å². The van der Waals surface area contributed by atoms with Gasteiger partial charge in [-0.05, 0) is 71.0 Å². The number of halogens is 2. The Hall–Kier alpha value is -1.49. The Labute approximate surface area is 143 Å². The van der Waals surface area contributed by atoms with E-state index in [2.05, 4.69) is 20.9 Å². The molecule has 0 spiro atoms. The van der Waals surface area contributed by atoms with Crippen molar-refractivity contribution in [2.24, 2.45) is 0 Å². The molecule has 2 aromatic rings. The molecule has 0 atom stereocenters. The molecule has 0 aliphatic heterocycles. The molecule has 0 N–H and O–H groups in total. The van der Waals surface area contributed by atoms with Gasteiger partial charge in [0.2, 0.25) is 0 Å². The van der Waals surface area contributed by atoms with Gasteiger partial charge in [0, 0.05) is 23.3 Å². The van der Waals surface area contributed by atoms with Gasteiger partial charge in [0.25, 0.3) is 0 Å². The minimum absolute atomic E-state index is 0.608. The van der Waals surface area contributed by atoms with E-state index in [9.17, 15) is 4.79 Å². The highest BCUT2D eigenvalue weighted by Gasteiger charge is 2.13. The minimum Gasteiger partial charge on any atom is -0.305 e. The number of likely N-dealkylation sites (N-methyl/N-ethyl adjacent to an activating group) is 1. The second kappa shape index (κ2) is 7.68. The van der Waals surface area contributed by atoms with Crippen LogP contribution in [-0.4, -0.2) is 36.8 Å². The summed E-state index contributed by atoms with van der Waals surface area (Å²) in [4.78, 5) is 17.9. The van der Waals surface area contributed by atoms with E-state index in [0.717, 1.165) is 27.6 Å². The van der Waals surface area contributed by atoms with E-state index in [-0.39, 0.29) is 0 Å². The second-order valence-electron chi connectivity index (χ2n) is 5.13. The number of hydrogen-bond donors (Lipinski definition) is 0. The highest BCUT2D eigenvalue weighted by atomic mass is 79.9. The van der Waals surface area contributed by atoms with Crippen molar-refractivity contribution in [2.45, 2.75) is 0 Å². The smallest absolute Gasteiger partial charge is 0.151 e. The predicted molar refractivity (Wildman–Crippen MR) is 94.8 cm³/mol. The summed E-state index contributed by atoms with van der Waals surface area (Å²) in [6.45, 7) is 0.636. The molecular weight excluding hydrogens is 364 g/mol. The van der Waals surface area contributed by atoms with Crippen LogP contribution in [0.2, 0.25) is 5.02 Å². The molecule has 22 heavy (non-hydrogen) atoms. The lowest BCUT2D eigenvalue weighted by atomic mass is 9.95. The minimum atomic E-state index is 0.608. The lowest BCUT2D eigenvalue weighted by Gasteiger charge is -2.17. The fourth-order valence-corrected chi connectivity index (χ4v) is 2.76. The van der Waals surface area contributed by atoms with Crippen LogP contribution >= 0.6 is 27.5 Å². The Kier molecular flexibility index (Phi) is 5.89. The van der Waals surface area contributed by atoms with E-state index in [4.69, 9.17) is 11.6 Å². The maximum Gasteiger partial charge on any atom is 0.151 e. The summed E-state index contributed by atoms with van der Waals surface area (Å²) in [5.74, 6) is 0. The van der Waals surface area contributed by atoms with Crippen LogP contribution in [0.3, 0.4) is 0 Å². The molecule has 1 aromatic carbocycles. The van der Waals surface area contributed by atoms with E-state index in [0.29, 0.717) is 17.1 Å². The van der Waals surface area contributed by atoms with Crippen molar-refractivity contribution in [3.05, 3.63) is 63.3 Å². The third-order valence-electron chi connectivity index (χ3n) is 3.13. The summed E-state index contributed by atoms with van der Waals surface area (Å²) in [5, 5.41) is 0.608. The first kappa shape index (κ1) is 16.9. The summed E-state index contributed by atoms with van der Waals surface area (Å²) in [5.41, 5.74) is 3.34. The van der Waals surface area contributed by atoms with Crippen LogP contribution in [0.4, 0.5) is 0 Å². The van der Waals surface area contributed by atoms with Crippen LogP contribution in [0, 0.1) is 0 Å². The van der Waals surface area contributed by atoms with Gasteiger partial charge in [-0.25, -0.2) is 4.98 Å². The number of allylic oxidation sites excluding steroid dienone is 1. The Morgan fingerprint density at radius 3 is 2.64 bits per heavy atom. The largest absolute Gasteiger partial charge is 0.305 e. The maximum absolute atomic E-state index is 11.8.